The monoisotopic (exact) mass is 288 g/mol. The van der Waals surface area contributed by atoms with E-state index in [2.05, 4.69) is 67.2 Å². The van der Waals surface area contributed by atoms with E-state index in [1.807, 2.05) is 6.08 Å². The van der Waals surface area contributed by atoms with Crippen LogP contribution >= 0.6 is 0 Å². The van der Waals surface area contributed by atoms with E-state index in [-0.39, 0.29) is 10.8 Å². The molecule has 21 heavy (non-hydrogen) atoms. The van der Waals surface area contributed by atoms with Gasteiger partial charge in [-0.05, 0) is 28.7 Å². The first-order chi connectivity index (χ1) is 9.50. The predicted molar refractivity (Wildman–Crippen MR) is 93.5 cm³/mol. The zero-order valence-electron chi connectivity index (χ0n) is 15.1. The van der Waals surface area contributed by atoms with Crippen LogP contribution in [0.25, 0.3) is 0 Å². The first-order valence-electron chi connectivity index (χ1n) is 7.85. The molecule has 1 unspecified atom stereocenters. The fourth-order valence-electron chi connectivity index (χ4n) is 2.60. The van der Waals surface area contributed by atoms with Gasteiger partial charge in [0.05, 0.1) is 7.11 Å². The van der Waals surface area contributed by atoms with Crippen LogP contribution in [0.2, 0.25) is 0 Å². The van der Waals surface area contributed by atoms with Gasteiger partial charge in [-0.2, -0.15) is 0 Å². The van der Waals surface area contributed by atoms with Crippen LogP contribution < -0.4 is 4.74 Å². The van der Waals surface area contributed by atoms with Gasteiger partial charge >= 0.3 is 0 Å². The highest BCUT2D eigenvalue weighted by Gasteiger charge is 2.27. The van der Waals surface area contributed by atoms with Crippen LogP contribution in [0.3, 0.4) is 0 Å². The molecule has 0 fully saturated rings. The lowest BCUT2D eigenvalue weighted by Gasteiger charge is -2.30. The second-order valence-corrected chi connectivity index (χ2v) is 8.14. The van der Waals surface area contributed by atoms with Crippen molar-refractivity contribution in [2.45, 2.75) is 65.7 Å². The summed E-state index contributed by atoms with van der Waals surface area (Å²) >= 11 is 0. The van der Waals surface area contributed by atoms with E-state index in [0.29, 0.717) is 5.92 Å². The van der Waals surface area contributed by atoms with Crippen molar-refractivity contribution >= 4 is 0 Å². The van der Waals surface area contributed by atoms with Gasteiger partial charge in [0.15, 0.2) is 0 Å². The average molecular weight is 288 g/mol. The molecule has 0 aliphatic rings. The Balaban J connectivity index is 3.55. The Kier molecular flexibility index (Phi) is 5.30. The summed E-state index contributed by atoms with van der Waals surface area (Å²) < 4.78 is 5.80. The van der Waals surface area contributed by atoms with Crippen LogP contribution in [-0.2, 0) is 17.3 Å². The topological polar surface area (TPSA) is 9.23 Å². The maximum absolute atomic E-state index is 5.80. The zero-order chi connectivity index (χ0) is 16.4. The minimum atomic E-state index is 0.0682. The smallest absolute Gasteiger partial charge is 0.126 e. The lowest BCUT2D eigenvalue weighted by Crippen LogP contribution is -2.20. The highest BCUT2D eigenvalue weighted by atomic mass is 16.5. The summed E-state index contributed by atoms with van der Waals surface area (Å²) in [7, 11) is 1.78. The minimum Gasteiger partial charge on any atom is -0.496 e. The molecule has 1 rings (SSSR count). The molecule has 0 aromatic heterocycles. The summed E-state index contributed by atoms with van der Waals surface area (Å²) in [5.41, 5.74) is 4.10. The van der Waals surface area contributed by atoms with E-state index in [4.69, 9.17) is 4.74 Å². The summed E-state index contributed by atoms with van der Waals surface area (Å²) in [6, 6.07) is 4.63. The largest absolute Gasteiger partial charge is 0.496 e. The van der Waals surface area contributed by atoms with Crippen LogP contribution in [0.1, 0.15) is 65.2 Å². The lowest BCUT2D eigenvalue weighted by atomic mass is 9.77. The molecule has 0 amide bonds. The fourth-order valence-corrected chi connectivity index (χ4v) is 2.60. The molecule has 0 heterocycles. The highest BCUT2D eigenvalue weighted by Crippen LogP contribution is 2.40. The van der Waals surface area contributed by atoms with Crippen LogP contribution in [-0.4, -0.2) is 7.11 Å². The van der Waals surface area contributed by atoms with E-state index in [0.717, 1.165) is 12.2 Å². The maximum Gasteiger partial charge on any atom is 0.126 e. The molecule has 0 bridgehead atoms. The van der Waals surface area contributed by atoms with Crippen molar-refractivity contribution in [3.8, 4) is 5.75 Å². The number of allylic oxidation sites excluding steroid dienone is 1. The summed E-state index contributed by atoms with van der Waals surface area (Å²) in [5.74, 6) is 1.53. The van der Waals surface area contributed by atoms with Crippen molar-refractivity contribution in [1.82, 2.24) is 0 Å². The third-order valence-corrected chi connectivity index (χ3v) is 3.93. The molecule has 0 spiro atoms. The standard InChI is InChI=1S/C20H32O/c1-10-14(2)11-15-12-16(19(3,4)5)18(21-9)17(13-15)20(6,7)8/h10,12-14H,1,11H2,2-9H3. The lowest BCUT2D eigenvalue weighted by molar-refractivity contribution is 0.381. The van der Waals surface area contributed by atoms with Crippen LogP contribution in [0, 0.1) is 5.92 Å². The Labute approximate surface area is 131 Å². The molecule has 0 radical (unpaired) electrons. The van der Waals surface area contributed by atoms with E-state index in [1.54, 1.807) is 7.11 Å². The summed E-state index contributed by atoms with van der Waals surface area (Å²) in [6.45, 7) is 19.6. The number of hydrogen-bond acceptors (Lipinski definition) is 1. The summed E-state index contributed by atoms with van der Waals surface area (Å²) in [4.78, 5) is 0. The van der Waals surface area contributed by atoms with Crippen LogP contribution in [0.15, 0.2) is 24.8 Å². The molecule has 0 aliphatic carbocycles. The molecule has 1 nitrogen and oxygen atoms in total. The summed E-state index contributed by atoms with van der Waals surface area (Å²) in [6.07, 6.45) is 3.05. The number of rotatable bonds is 4. The van der Waals surface area contributed by atoms with Gasteiger partial charge < -0.3 is 4.74 Å². The molecule has 0 aliphatic heterocycles. The molecule has 0 saturated carbocycles. The minimum absolute atomic E-state index is 0.0682. The Hall–Kier alpha value is -1.24. The van der Waals surface area contributed by atoms with Gasteiger partial charge in [0.25, 0.3) is 0 Å². The Morgan fingerprint density at radius 1 is 1.05 bits per heavy atom. The van der Waals surface area contributed by atoms with E-state index < -0.39 is 0 Å². The predicted octanol–water partition coefficient (Wildman–Crippen LogP) is 5.65. The summed E-state index contributed by atoms with van der Waals surface area (Å²) in [5, 5.41) is 0. The molecule has 1 atom stereocenters. The quantitative estimate of drug-likeness (QED) is 0.650. The van der Waals surface area contributed by atoms with Crippen molar-refractivity contribution in [1.29, 1.82) is 0 Å². The zero-order valence-corrected chi connectivity index (χ0v) is 15.1. The number of hydrogen-bond donors (Lipinski definition) is 0. The normalized spacial score (nSPS) is 13.9. The Morgan fingerprint density at radius 2 is 1.48 bits per heavy atom. The number of methoxy groups -OCH3 is 1. The second-order valence-electron chi connectivity index (χ2n) is 8.14. The first kappa shape index (κ1) is 17.8. The van der Waals surface area contributed by atoms with Crippen molar-refractivity contribution in [3.05, 3.63) is 41.5 Å². The second kappa shape index (κ2) is 6.25. The molecular weight excluding hydrogens is 256 g/mol. The van der Waals surface area contributed by atoms with Crippen molar-refractivity contribution in [2.24, 2.45) is 5.92 Å². The van der Waals surface area contributed by atoms with Crippen LogP contribution in [0.4, 0.5) is 0 Å². The van der Waals surface area contributed by atoms with Gasteiger partial charge in [-0.25, -0.2) is 0 Å². The van der Waals surface area contributed by atoms with Crippen molar-refractivity contribution in [3.63, 3.8) is 0 Å². The SMILES string of the molecule is C=CC(C)Cc1cc(C(C)(C)C)c(OC)c(C(C)(C)C)c1. The molecule has 118 valence electrons. The van der Waals surface area contributed by atoms with E-state index in [1.165, 1.54) is 16.7 Å². The maximum atomic E-state index is 5.80. The molecule has 1 aromatic carbocycles. The van der Waals surface area contributed by atoms with Gasteiger partial charge in [-0.3, -0.25) is 0 Å². The first-order valence-corrected chi connectivity index (χ1v) is 7.85. The third-order valence-electron chi connectivity index (χ3n) is 3.93. The van der Waals surface area contributed by atoms with Crippen molar-refractivity contribution < 1.29 is 4.74 Å². The van der Waals surface area contributed by atoms with Crippen LogP contribution in [0.5, 0.6) is 5.75 Å². The number of ether oxygens (including phenoxy) is 1. The Bertz CT molecular complexity index is 463. The molecular formula is C20H32O. The van der Waals surface area contributed by atoms with Gasteiger partial charge in [0, 0.05) is 11.1 Å². The Morgan fingerprint density at radius 3 is 1.76 bits per heavy atom. The van der Waals surface area contributed by atoms with Gasteiger partial charge in [-0.1, -0.05) is 66.7 Å². The van der Waals surface area contributed by atoms with E-state index in [9.17, 15) is 0 Å². The molecule has 0 saturated heterocycles. The molecule has 0 N–H and O–H groups in total. The average Bonchev–Trinajstić information content (AvgIpc) is 2.35. The van der Waals surface area contributed by atoms with Gasteiger partial charge in [-0.15, -0.1) is 6.58 Å². The van der Waals surface area contributed by atoms with Crippen molar-refractivity contribution in [2.75, 3.05) is 7.11 Å². The van der Waals surface area contributed by atoms with E-state index >= 15 is 0 Å². The third kappa shape index (κ3) is 4.36. The highest BCUT2D eigenvalue weighted by molar-refractivity contribution is 5.51. The fraction of sp³-hybridized carbons (Fsp3) is 0.600. The number of benzene rings is 1. The molecule has 1 aromatic rings. The van der Waals surface area contributed by atoms with Gasteiger partial charge in [0.1, 0.15) is 5.75 Å². The molecule has 1 heteroatoms. The van der Waals surface area contributed by atoms with Gasteiger partial charge in [0.2, 0.25) is 0 Å².